The van der Waals surface area contributed by atoms with Crippen molar-refractivity contribution < 1.29 is 8.42 Å². The van der Waals surface area contributed by atoms with E-state index in [0.717, 1.165) is 5.69 Å². The lowest BCUT2D eigenvalue weighted by atomic mass is 10.1. The Morgan fingerprint density at radius 2 is 1.78 bits per heavy atom. The molecule has 0 atom stereocenters. The first-order valence-electron chi connectivity index (χ1n) is 5.19. The van der Waals surface area contributed by atoms with Crippen LogP contribution in [0.3, 0.4) is 0 Å². The maximum absolute atomic E-state index is 11.9. The Balaban J connectivity index is 2.57. The zero-order chi connectivity index (χ0) is 13.5. The number of H-pyrrole nitrogens is 1. The van der Waals surface area contributed by atoms with Gasteiger partial charge in [0, 0.05) is 12.7 Å². The molecule has 3 N–H and O–H groups in total. The SMILES string of the molecule is Cc1[nH]n(C)c(=O)c1-c1ccc(S(N)(=O)=O)cc1. The molecule has 1 aromatic carbocycles. The minimum atomic E-state index is -3.71. The molecule has 0 saturated heterocycles. The van der Waals surface area contributed by atoms with Gasteiger partial charge in [0.1, 0.15) is 0 Å². The van der Waals surface area contributed by atoms with E-state index in [2.05, 4.69) is 5.10 Å². The van der Waals surface area contributed by atoms with Gasteiger partial charge in [-0.2, -0.15) is 0 Å². The van der Waals surface area contributed by atoms with Crippen LogP contribution in [-0.2, 0) is 17.1 Å². The Bertz CT molecular complexity index is 739. The average molecular weight is 267 g/mol. The first-order chi connectivity index (χ1) is 8.30. The number of benzene rings is 1. The molecular weight excluding hydrogens is 254 g/mol. The van der Waals surface area contributed by atoms with Gasteiger partial charge in [0.05, 0.1) is 10.5 Å². The fourth-order valence-corrected chi connectivity index (χ4v) is 2.35. The van der Waals surface area contributed by atoms with Crippen LogP contribution in [-0.4, -0.2) is 18.2 Å². The number of nitrogens with zero attached hydrogens (tertiary/aromatic N) is 1. The zero-order valence-electron chi connectivity index (χ0n) is 9.97. The van der Waals surface area contributed by atoms with Crippen molar-refractivity contribution >= 4 is 10.0 Å². The van der Waals surface area contributed by atoms with Crippen molar-refractivity contribution in [2.45, 2.75) is 11.8 Å². The minimum absolute atomic E-state index is 0.0243. The lowest BCUT2D eigenvalue weighted by Gasteiger charge is -2.01. The lowest BCUT2D eigenvalue weighted by molar-refractivity contribution is 0.598. The average Bonchev–Trinajstić information content (AvgIpc) is 2.52. The standard InChI is InChI=1S/C11H13N3O3S/c1-7-10(11(15)14(2)13-7)8-3-5-9(6-4-8)18(12,16)17/h3-6,13H,1-2H3,(H2,12,16,17). The summed E-state index contributed by atoms with van der Waals surface area (Å²) in [6.45, 7) is 1.78. The summed E-state index contributed by atoms with van der Waals surface area (Å²) < 4.78 is 23.6. The van der Waals surface area contributed by atoms with Crippen LogP contribution >= 0.6 is 0 Å². The molecule has 0 bridgehead atoms. The normalized spacial score (nSPS) is 11.7. The Kier molecular flexibility index (Phi) is 2.88. The number of aromatic amines is 1. The van der Waals surface area contributed by atoms with Gasteiger partial charge in [0.2, 0.25) is 10.0 Å². The number of hydrogen-bond donors (Lipinski definition) is 2. The second-order valence-electron chi connectivity index (χ2n) is 4.05. The fraction of sp³-hybridized carbons (Fsp3) is 0.182. The fourth-order valence-electron chi connectivity index (χ4n) is 1.84. The molecule has 0 aliphatic carbocycles. The smallest absolute Gasteiger partial charge is 0.274 e. The third kappa shape index (κ3) is 2.09. The molecule has 18 heavy (non-hydrogen) atoms. The van der Waals surface area contributed by atoms with E-state index in [1.807, 2.05) is 0 Å². The van der Waals surface area contributed by atoms with E-state index in [4.69, 9.17) is 5.14 Å². The van der Waals surface area contributed by atoms with Crippen LogP contribution in [0.15, 0.2) is 34.0 Å². The number of rotatable bonds is 2. The number of aryl methyl sites for hydroxylation is 2. The summed E-state index contributed by atoms with van der Waals surface area (Å²) in [5, 5.41) is 7.89. The summed E-state index contributed by atoms with van der Waals surface area (Å²) in [6, 6.07) is 5.90. The van der Waals surface area contributed by atoms with Crippen molar-refractivity contribution in [2.75, 3.05) is 0 Å². The Morgan fingerprint density at radius 1 is 1.22 bits per heavy atom. The maximum atomic E-state index is 11.9. The first-order valence-corrected chi connectivity index (χ1v) is 6.74. The molecule has 96 valence electrons. The zero-order valence-corrected chi connectivity index (χ0v) is 10.8. The highest BCUT2D eigenvalue weighted by atomic mass is 32.2. The van der Waals surface area contributed by atoms with Crippen molar-refractivity contribution in [2.24, 2.45) is 12.2 Å². The molecule has 0 spiro atoms. The predicted molar refractivity (Wildman–Crippen MR) is 67.6 cm³/mol. The molecule has 1 heterocycles. The summed E-state index contributed by atoms with van der Waals surface area (Å²) in [5.41, 5.74) is 1.75. The Hall–Kier alpha value is -1.86. The minimum Gasteiger partial charge on any atom is -0.300 e. The highest BCUT2D eigenvalue weighted by molar-refractivity contribution is 7.89. The van der Waals surface area contributed by atoms with E-state index in [-0.39, 0.29) is 10.5 Å². The summed E-state index contributed by atoms with van der Waals surface area (Å²) in [7, 11) is -2.09. The van der Waals surface area contributed by atoms with E-state index >= 15 is 0 Å². The summed E-state index contributed by atoms with van der Waals surface area (Å²) in [4.78, 5) is 11.9. The van der Waals surface area contributed by atoms with Gasteiger partial charge in [-0.3, -0.25) is 14.6 Å². The highest BCUT2D eigenvalue weighted by Gasteiger charge is 2.13. The van der Waals surface area contributed by atoms with E-state index in [0.29, 0.717) is 11.1 Å². The molecule has 2 aromatic rings. The largest absolute Gasteiger partial charge is 0.300 e. The Morgan fingerprint density at radius 3 is 2.17 bits per heavy atom. The molecule has 0 unspecified atom stereocenters. The third-order valence-corrected chi connectivity index (χ3v) is 3.63. The van der Waals surface area contributed by atoms with E-state index in [1.54, 1.807) is 26.1 Å². The summed E-state index contributed by atoms with van der Waals surface area (Å²) in [5.74, 6) is 0. The van der Waals surface area contributed by atoms with E-state index in [1.165, 1.54) is 16.8 Å². The molecule has 1 aromatic heterocycles. The van der Waals surface area contributed by atoms with Crippen LogP contribution in [0, 0.1) is 6.92 Å². The predicted octanol–water partition coefficient (Wildman–Crippen LogP) is 0.336. The quantitative estimate of drug-likeness (QED) is 0.820. The van der Waals surface area contributed by atoms with Crippen LogP contribution in [0.1, 0.15) is 5.69 Å². The van der Waals surface area contributed by atoms with Gasteiger partial charge in [0.15, 0.2) is 0 Å². The molecule has 0 aliphatic rings. The number of sulfonamides is 1. The van der Waals surface area contributed by atoms with Gasteiger partial charge in [-0.1, -0.05) is 12.1 Å². The number of nitrogens with one attached hydrogen (secondary N) is 1. The van der Waals surface area contributed by atoms with Gasteiger partial charge < -0.3 is 0 Å². The van der Waals surface area contributed by atoms with Crippen molar-refractivity contribution in [3.8, 4) is 11.1 Å². The van der Waals surface area contributed by atoms with E-state index in [9.17, 15) is 13.2 Å². The van der Waals surface area contributed by atoms with Gasteiger partial charge >= 0.3 is 0 Å². The molecule has 0 fully saturated rings. The highest BCUT2D eigenvalue weighted by Crippen LogP contribution is 2.20. The van der Waals surface area contributed by atoms with Gasteiger partial charge in [-0.25, -0.2) is 13.6 Å². The third-order valence-electron chi connectivity index (χ3n) is 2.70. The molecule has 0 radical (unpaired) electrons. The number of aromatic nitrogens is 2. The second-order valence-corrected chi connectivity index (χ2v) is 5.61. The second kappa shape index (κ2) is 4.11. The molecule has 0 amide bonds. The maximum Gasteiger partial charge on any atom is 0.274 e. The van der Waals surface area contributed by atoms with Crippen LogP contribution in [0.5, 0.6) is 0 Å². The Labute approximate surface area is 104 Å². The summed E-state index contributed by atoms with van der Waals surface area (Å²) >= 11 is 0. The van der Waals surface area contributed by atoms with E-state index < -0.39 is 10.0 Å². The molecule has 7 heteroatoms. The van der Waals surface area contributed by atoms with Crippen molar-refractivity contribution in [1.29, 1.82) is 0 Å². The van der Waals surface area contributed by atoms with Gasteiger partial charge in [-0.15, -0.1) is 0 Å². The van der Waals surface area contributed by atoms with Gasteiger partial charge in [0.25, 0.3) is 5.56 Å². The van der Waals surface area contributed by atoms with Crippen LogP contribution in [0.4, 0.5) is 0 Å². The van der Waals surface area contributed by atoms with Crippen LogP contribution < -0.4 is 10.7 Å². The first kappa shape index (κ1) is 12.6. The van der Waals surface area contributed by atoms with Crippen LogP contribution in [0.25, 0.3) is 11.1 Å². The molecule has 0 aliphatic heterocycles. The van der Waals surface area contributed by atoms with Gasteiger partial charge in [-0.05, 0) is 24.6 Å². The monoisotopic (exact) mass is 267 g/mol. The molecule has 2 rings (SSSR count). The van der Waals surface area contributed by atoms with Crippen molar-refractivity contribution in [3.05, 3.63) is 40.3 Å². The number of nitrogens with two attached hydrogens (primary N) is 1. The number of hydrogen-bond acceptors (Lipinski definition) is 3. The molecule has 6 nitrogen and oxygen atoms in total. The summed E-state index contributed by atoms with van der Waals surface area (Å²) in [6.07, 6.45) is 0. The molecule has 0 saturated carbocycles. The van der Waals surface area contributed by atoms with Crippen LogP contribution in [0.2, 0.25) is 0 Å². The topological polar surface area (TPSA) is 97.9 Å². The molecular formula is C11H13N3O3S. The van der Waals surface area contributed by atoms with Crippen molar-refractivity contribution in [1.82, 2.24) is 9.78 Å². The lowest BCUT2D eigenvalue weighted by Crippen LogP contribution is -2.13. The van der Waals surface area contributed by atoms with Crippen molar-refractivity contribution in [3.63, 3.8) is 0 Å². The number of primary sulfonamides is 1.